The molecule has 3 heterocycles. The van der Waals surface area contributed by atoms with E-state index in [9.17, 15) is 4.79 Å². The summed E-state index contributed by atoms with van der Waals surface area (Å²) in [7, 11) is 0. The zero-order valence-corrected chi connectivity index (χ0v) is 17.1. The predicted octanol–water partition coefficient (Wildman–Crippen LogP) is 4.13. The van der Waals surface area contributed by atoms with Crippen LogP contribution in [0.15, 0.2) is 72.9 Å². The summed E-state index contributed by atoms with van der Waals surface area (Å²) in [6, 6.07) is 22.8. The van der Waals surface area contributed by atoms with Crippen molar-refractivity contribution in [1.29, 1.82) is 0 Å². The quantitative estimate of drug-likeness (QED) is 0.665. The molecule has 1 saturated heterocycles. The largest absolute Gasteiger partial charge is 0.368 e. The number of aryl methyl sites for hydroxylation is 1. The number of benzene rings is 2. The fraction of sp³-hybridized carbons (Fsp3) is 0.280. The van der Waals surface area contributed by atoms with Crippen LogP contribution in [-0.4, -0.2) is 48.5 Å². The van der Waals surface area contributed by atoms with Crippen LogP contribution in [0.2, 0.25) is 0 Å². The van der Waals surface area contributed by atoms with Gasteiger partial charge in [0, 0.05) is 50.3 Å². The smallest absolute Gasteiger partial charge is 0.255 e. The van der Waals surface area contributed by atoms with Crippen molar-refractivity contribution >= 4 is 23.1 Å². The average Bonchev–Trinajstić information content (AvgIpc) is 2.84. The van der Waals surface area contributed by atoms with Gasteiger partial charge in [0.2, 0.25) is 0 Å². The summed E-state index contributed by atoms with van der Waals surface area (Å²) in [5, 5.41) is 0. The summed E-state index contributed by atoms with van der Waals surface area (Å²) in [6.45, 7) is 4.13. The zero-order chi connectivity index (χ0) is 20.3. The van der Waals surface area contributed by atoms with Crippen molar-refractivity contribution in [3.8, 4) is 0 Å². The Balaban J connectivity index is 1.26. The van der Waals surface area contributed by atoms with E-state index < -0.39 is 0 Å². The molecule has 1 fully saturated rings. The second kappa shape index (κ2) is 8.19. The highest BCUT2D eigenvalue weighted by Crippen LogP contribution is 2.32. The molecule has 0 unspecified atom stereocenters. The molecule has 1 amide bonds. The molecule has 0 aliphatic carbocycles. The van der Waals surface area contributed by atoms with E-state index in [0.717, 1.165) is 51.4 Å². The first-order chi connectivity index (χ1) is 14.8. The molecule has 2 aromatic carbocycles. The SMILES string of the molecule is O=C(c1ccc(N2CCCc3ccccc32)nc1)N1CCN(c2ccccc2)CC1. The number of rotatable bonds is 3. The highest BCUT2D eigenvalue weighted by Gasteiger charge is 2.23. The Morgan fingerprint density at radius 3 is 2.33 bits per heavy atom. The Morgan fingerprint density at radius 2 is 1.57 bits per heavy atom. The molecule has 0 atom stereocenters. The fourth-order valence-corrected chi connectivity index (χ4v) is 4.43. The molecule has 3 aromatic rings. The van der Waals surface area contributed by atoms with Gasteiger partial charge in [-0.05, 0) is 48.7 Å². The number of nitrogens with zero attached hydrogens (tertiary/aromatic N) is 4. The lowest BCUT2D eigenvalue weighted by atomic mass is 10.0. The molecule has 0 N–H and O–H groups in total. The summed E-state index contributed by atoms with van der Waals surface area (Å²) < 4.78 is 0. The molecule has 1 aromatic heterocycles. The van der Waals surface area contributed by atoms with Crippen molar-refractivity contribution in [3.63, 3.8) is 0 Å². The minimum atomic E-state index is 0.0702. The molecule has 0 saturated carbocycles. The topological polar surface area (TPSA) is 39.7 Å². The number of aromatic nitrogens is 1. The van der Waals surface area contributed by atoms with E-state index in [0.29, 0.717) is 5.56 Å². The van der Waals surface area contributed by atoms with Gasteiger partial charge < -0.3 is 14.7 Å². The van der Waals surface area contributed by atoms with E-state index in [1.807, 2.05) is 23.1 Å². The van der Waals surface area contributed by atoms with E-state index in [-0.39, 0.29) is 5.91 Å². The lowest BCUT2D eigenvalue weighted by molar-refractivity contribution is 0.0746. The van der Waals surface area contributed by atoms with Gasteiger partial charge in [-0.1, -0.05) is 36.4 Å². The monoisotopic (exact) mass is 398 g/mol. The Labute approximate surface area is 177 Å². The van der Waals surface area contributed by atoms with Crippen LogP contribution in [0.5, 0.6) is 0 Å². The van der Waals surface area contributed by atoms with Crippen molar-refractivity contribution < 1.29 is 4.79 Å². The molecule has 2 aliphatic heterocycles. The molecule has 5 nitrogen and oxygen atoms in total. The molecular formula is C25H26N4O. The Kier molecular flexibility index (Phi) is 5.10. The van der Waals surface area contributed by atoms with Crippen LogP contribution >= 0.6 is 0 Å². The number of pyridine rings is 1. The van der Waals surface area contributed by atoms with E-state index >= 15 is 0 Å². The number of hydrogen-bond donors (Lipinski definition) is 0. The Morgan fingerprint density at radius 1 is 0.800 bits per heavy atom. The van der Waals surface area contributed by atoms with Gasteiger partial charge >= 0.3 is 0 Å². The molecule has 5 heteroatoms. The number of para-hydroxylation sites is 2. The number of hydrogen-bond acceptors (Lipinski definition) is 4. The van der Waals surface area contributed by atoms with Gasteiger partial charge in [0.25, 0.3) is 5.91 Å². The number of piperazine rings is 1. The Hall–Kier alpha value is -3.34. The first-order valence-corrected chi connectivity index (χ1v) is 10.7. The van der Waals surface area contributed by atoms with Gasteiger partial charge in [-0.2, -0.15) is 0 Å². The lowest BCUT2D eigenvalue weighted by Gasteiger charge is -2.36. The normalized spacial score (nSPS) is 16.3. The van der Waals surface area contributed by atoms with Gasteiger partial charge in [-0.15, -0.1) is 0 Å². The molecule has 152 valence electrons. The maximum atomic E-state index is 13.0. The maximum Gasteiger partial charge on any atom is 0.255 e. The summed E-state index contributed by atoms with van der Waals surface area (Å²) in [5.41, 5.74) is 4.48. The second-order valence-corrected chi connectivity index (χ2v) is 7.90. The van der Waals surface area contributed by atoms with Gasteiger partial charge in [-0.25, -0.2) is 4.98 Å². The van der Waals surface area contributed by atoms with Crippen molar-refractivity contribution in [1.82, 2.24) is 9.88 Å². The number of amides is 1. The minimum Gasteiger partial charge on any atom is -0.368 e. The summed E-state index contributed by atoms with van der Waals surface area (Å²) in [6.07, 6.45) is 3.96. The molecular weight excluding hydrogens is 372 g/mol. The third kappa shape index (κ3) is 3.63. The lowest BCUT2D eigenvalue weighted by Crippen LogP contribution is -2.48. The number of anilines is 3. The summed E-state index contributed by atoms with van der Waals surface area (Å²) in [4.78, 5) is 24.2. The molecule has 2 aliphatic rings. The van der Waals surface area contributed by atoms with Gasteiger partial charge in [0.15, 0.2) is 0 Å². The molecule has 30 heavy (non-hydrogen) atoms. The van der Waals surface area contributed by atoms with Gasteiger partial charge in [-0.3, -0.25) is 4.79 Å². The van der Waals surface area contributed by atoms with Crippen molar-refractivity contribution in [3.05, 3.63) is 84.1 Å². The highest BCUT2D eigenvalue weighted by atomic mass is 16.2. The number of carbonyl (C=O) groups excluding carboxylic acids is 1. The average molecular weight is 399 g/mol. The Bertz CT molecular complexity index is 1010. The number of carbonyl (C=O) groups is 1. The third-order valence-corrected chi connectivity index (χ3v) is 6.07. The van der Waals surface area contributed by atoms with Crippen molar-refractivity contribution in [2.45, 2.75) is 12.8 Å². The fourth-order valence-electron chi connectivity index (χ4n) is 4.43. The highest BCUT2D eigenvalue weighted by molar-refractivity contribution is 5.94. The van der Waals surface area contributed by atoms with Crippen LogP contribution in [0.4, 0.5) is 17.2 Å². The first-order valence-electron chi connectivity index (χ1n) is 10.7. The van der Waals surface area contributed by atoms with E-state index in [1.165, 1.54) is 16.9 Å². The van der Waals surface area contributed by atoms with Crippen LogP contribution < -0.4 is 9.80 Å². The molecule has 0 bridgehead atoms. The van der Waals surface area contributed by atoms with Crippen LogP contribution in [-0.2, 0) is 6.42 Å². The van der Waals surface area contributed by atoms with E-state index in [4.69, 9.17) is 0 Å². The van der Waals surface area contributed by atoms with E-state index in [2.05, 4.69) is 63.3 Å². The van der Waals surface area contributed by atoms with Crippen molar-refractivity contribution in [2.75, 3.05) is 42.5 Å². The molecule has 0 spiro atoms. The van der Waals surface area contributed by atoms with Gasteiger partial charge in [0.05, 0.1) is 5.56 Å². The number of fused-ring (bicyclic) bond motifs is 1. The van der Waals surface area contributed by atoms with Crippen LogP contribution in [0.25, 0.3) is 0 Å². The third-order valence-electron chi connectivity index (χ3n) is 6.07. The van der Waals surface area contributed by atoms with Crippen LogP contribution in [0, 0.1) is 0 Å². The zero-order valence-electron chi connectivity index (χ0n) is 17.1. The predicted molar refractivity (Wildman–Crippen MR) is 121 cm³/mol. The summed E-state index contributed by atoms with van der Waals surface area (Å²) >= 11 is 0. The van der Waals surface area contributed by atoms with Gasteiger partial charge in [0.1, 0.15) is 5.82 Å². The van der Waals surface area contributed by atoms with E-state index in [1.54, 1.807) is 6.20 Å². The summed E-state index contributed by atoms with van der Waals surface area (Å²) in [5.74, 6) is 0.980. The van der Waals surface area contributed by atoms with Crippen molar-refractivity contribution in [2.24, 2.45) is 0 Å². The molecule has 5 rings (SSSR count). The second-order valence-electron chi connectivity index (χ2n) is 7.90. The van der Waals surface area contributed by atoms with Crippen LogP contribution in [0.1, 0.15) is 22.3 Å². The standard InChI is InChI=1S/C25H26N4O/c30-25(28-17-15-27(16-18-28)22-9-2-1-3-10-22)21-12-13-24(26-19-21)29-14-6-8-20-7-4-5-11-23(20)29/h1-5,7,9-13,19H,6,8,14-18H2. The minimum absolute atomic E-state index is 0.0702. The van der Waals surface area contributed by atoms with Crippen LogP contribution in [0.3, 0.4) is 0 Å². The first kappa shape index (κ1) is 18.7. The maximum absolute atomic E-state index is 13.0. The molecule has 0 radical (unpaired) electrons.